The van der Waals surface area contributed by atoms with Crippen molar-refractivity contribution in [3.63, 3.8) is 0 Å². The van der Waals surface area contributed by atoms with Gasteiger partial charge < -0.3 is 10.1 Å². The third-order valence-corrected chi connectivity index (χ3v) is 5.06. The largest absolute Gasteiger partial charge is 0.493 e. The topological polar surface area (TPSA) is 75.7 Å². The van der Waals surface area contributed by atoms with Crippen molar-refractivity contribution in [3.05, 3.63) is 64.7 Å². The molecule has 2 heterocycles. The molecule has 1 N–H and O–H groups in total. The molecule has 2 aliphatic heterocycles. The summed E-state index contributed by atoms with van der Waals surface area (Å²) in [5, 5.41) is 3.06. The highest BCUT2D eigenvalue weighted by atomic mass is 35.5. The number of carbonyl (C=O) groups excluding carboxylic acids is 3. The second-order valence-electron chi connectivity index (χ2n) is 6.22. The number of benzene rings is 2. The first kappa shape index (κ1) is 16.6. The van der Waals surface area contributed by atoms with E-state index in [4.69, 9.17) is 16.3 Å². The lowest BCUT2D eigenvalue weighted by Crippen LogP contribution is -2.47. The minimum absolute atomic E-state index is 0.281. The molecule has 0 saturated carbocycles. The van der Waals surface area contributed by atoms with Gasteiger partial charge in [0.15, 0.2) is 11.3 Å². The Kier molecular flexibility index (Phi) is 3.92. The number of halogens is 1. The summed E-state index contributed by atoms with van der Waals surface area (Å²) in [6.45, 7) is -0.0610. The Balaban J connectivity index is 1.65. The fourth-order valence-corrected chi connectivity index (χ4v) is 3.67. The van der Waals surface area contributed by atoms with Gasteiger partial charge in [0.2, 0.25) is 0 Å². The minimum Gasteiger partial charge on any atom is -0.493 e. The van der Waals surface area contributed by atoms with Crippen LogP contribution in [-0.2, 0) is 10.3 Å². The van der Waals surface area contributed by atoms with E-state index in [0.29, 0.717) is 24.3 Å². The number of ketones is 1. The summed E-state index contributed by atoms with van der Waals surface area (Å²) >= 11 is 6.05. The van der Waals surface area contributed by atoms with Crippen LogP contribution in [0, 0.1) is 0 Å². The number of urea groups is 1. The van der Waals surface area contributed by atoms with Crippen LogP contribution in [0.3, 0.4) is 0 Å². The van der Waals surface area contributed by atoms with E-state index in [9.17, 15) is 14.4 Å². The van der Waals surface area contributed by atoms with Crippen LogP contribution in [-0.4, -0.2) is 35.8 Å². The van der Waals surface area contributed by atoms with Gasteiger partial charge in [0.05, 0.1) is 18.2 Å². The van der Waals surface area contributed by atoms with Crippen molar-refractivity contribution < 1.29 is 19.1 Å². The minimum atomic E-state index is -1.19. The summed E-state index contributed by atoms with van der Waals surface area (Å²) in [5.41, 5.74) is -0.299. The van der Waals surface area contributed by atoms with Crippen LogP contribution in [0.5, 0.6) is 5.75 Å². The van der Waals surface area contributed by atoms with Gasteiger partial charge in [-0.25, -0.2) is 4.79 Å². The molecule has 2 aromatic rings. The van der Waals surface area contributed by atoms with E-state index in [1.165, 1.54) is 0 Å². The molecule has 1 atom stereocenters. The van der Waals surface area contributed by atoms with E-state index in [-0.39, 0.29) is 17.1 Å². The predicted octanol–water partition coefficient (Wildman–Crippen LogP) is 2.75. The lowest BCUT2D eigenvalue weighted by atomic mass is 9.84. The van der Waals surface area contributed by atoms with Gasteiger partial charge in [-0.05, 0) is 18.2 Å². The molecule has 0 aliphatic carbocycles. The summed E-state index contributed by atoms with van der Waals surface area (Å²) in [6, 6.07) is 13.1. The number of nitrogens with one attached hydrogen (secondary N) is 1. The van der Waals surface area contributed by atoms with Crippen LogP contribution >= 0.6 is 11.6 Å². The maximum absolute atomic E-state index is 13.1. The Bertz CT molecular complexity index is 929. The highest BCUT2D eigenvalue weighted by molar-refractivity contribution is 6.34. The molecular formula is C19H15ClN2O4. The van der Waals surface area contributed by atoms with Crippen molar-refractivity contribution >= 4 is 29.3 Å². The van der Waals surface area contributed by atoms with Gasteiger partial charge in [0.1, 0.15) is 5.75 Å². The molecule has 0 radical (unpaired) electrons. The maximum Gasteiger partial charge on any atom is 0.325 e. The van der Waals surface area contributed by atoms with Crippen molar-refractivity contribution in [2.75, 3.05) is 13.2 Å². The first-order valence-corrected chi connectivity index (χ1v) is 8.55. The van der Waals surface area contributed by atoms with Crippen molar-refractivity contribution in [1.29, 1.82) is 0 Å². The van der Waals surface area contributed by atoms with Crippen LogP contribution in [0.2, 0.25) is 5.02 Å². The van der Waals surface area contributed by atoms with Crippen LogP contribution in [0.15, 0.2) is 48.5 Å². The van der Waals surface area contributed by atoms with E-state index in [0.717, 1.165) is 4.90 Å². The zero-order valence-corrected chi connectivity index (χ0v) is 14.5. The number of fused-ring (bicyclic) bond motifs is 2. The zero-order valence-electron chi connectivity index (χ0n) is 13.7. The fraction of sp³-hybridized carbons (Fsp3) is 0.211. The van der Waals surface area contributed by atoms with Gasteiger partial charge >= 0.3 is 6.03 Å². The predicted molar refractivity (Wildman–Crippen MR) is 94.3 cm³/mol. The molecule has 132 valence electrons. The summed E-state index contributed by atoms with van der Waals surface area (Å²) in [5.74, 6) is -0.276. The number of para-hydroxylation sites is 1. The molecule has 1 saturated heterocycles. The number of amides is 3. The molecule has 2 aromatic carbocycles. The van der Waals surface area contributed by atoms with E-state index in [1.54, 1.807) is 48.5 Å². The SMILES string of the molecule is O=C(CN1C(=O)NC2(CCOc3ccccc32)C1=O)c1ccccc1Cl. The summed E-state index contributed by atoms with van der Waals surface area (Å²) in [7, 11) is 0. The molecule has 7 heteroatoms. The average Bonchev–Trinajstić information content (AvgIpc) is 2.87. The maximum atomic E-state index is 13.1. The molecule has 26 heavy (non-hydrogen) atoms. The second kappa shape index (κ2) is 6.14. The molecule has 0 aromatic heterocycles. The Morgan fingerprint density at radius 1 is 1.15 bits per heavy atom. The first-order valence-electron chi connectivity index (χ1n) is 8.17. The zero-order chi connectivity index (χ0) is 18.3. The van der Waals surface area contributed by atoms with E-state index < -0.39 is 23.3 Å². The van der Waals surface area contributed by atoms with Gasteiger partial charge in [-0.15, -0.1) is 0 Å². The Morgan fingerprint density at radius 2 is 1.88 bits per heavy atom. The van der Waals surface area contributed by atoms with Crippen LogP contribution < -0.4 is 10.1 Å². The molecule has 0 bridgehead atoms. The summed E-state index contributed by atoms with van der Waals surface area (Å²) < 4.78 is 5.59. The smallest absolute Gasteiger partial charge is 0.325 e. The number of Topliss-reactive ketones (excluding diaryl/α,β-unsaturated/α-hetero) is 1. The number of nitrogens with zero attached hydrogens (tertiary/aromatic N) is 1. The lowest BCUT2D eigenvalue weighted by molar-refractivity contribution is -0.132. The van der Waals surface area contributed by atoms with Crippen molar-refractivity contribution in [1.82, 2.24) is 10.2 Å². The number of imide groups is 1. The Labute approximate surface area is 154 Å². The first-order chi connectivity index (χ1) is 12.5. The Hall–Kier alpha value is -2.86. The molecule has 1 unspecified atom stereocenters. The van der Waals surface area contributed by atoms with Gasteiger partial charge in [0, 0.05) is 17.5 Å². The molecule has 3 amide bonds. The molecule has 4 rings (SSSR count). The van der Waals surface area contributed by atoms with Gasteiger partial charge in [-0.1, -0.05) is 41.9 Å². The quantitative estimate of drug-likeness (QED) is 0.666. The average molecular weight is 371 g/mol. The third kappa shape index (κ3) is 2.45. The molecule has 6 nitrogen and oxygen atoms in total. The number of ether oxygens (including phenoxy) is 1. The van der Waals surface area contributed by atoms with E-state index >= 15 is 0 Å². The van der Waals surface area contributed by atoms with Gasteiger partial charge in [0.25, 0.3) is 5.91 Å². The summed E-state index contributed by atoms with van der Waals surface area (Å²) in [6.07, 6.45) is 0.311. The number of rotatable bonds is 3. The second-order valence-corrected chi connectivity index (χ2v) is 6.63. The number of hydrogen-bond acceptors (Lipinski definition) is 4. The van der Waals surface area contributed by atoms with Crippen LogP contribution in [0.4, 0.5) is 4.79 Å². The number of carbonyl (C=O) groups is 3. The molecule has 1 fully saturated rings. The third-order valence-electron chi connectivity index (χ3n) is 4.73. The van der Waals surface area contributed by atoms with Crippen molar-refractivity contribution in [3.8, 4) is 5.75 Å². The lowest BCUT2D eigenvalue weighted by Gasteiger charge is -2.33. The van der Waals surface area contributed by atoms with Crippen LogP contribution in [0.25, 0.3) is 0 Å². The van der Waals surface area contributed by atoms with Gasteiger partial charge in [-0.2, -0.15) is 0 Å². The normalized spacial score (nSPS) is 21.3. The van der Waals surface area contributed by atoms with Gasteiger partial charge in [-0.3, -0.25) is 14.5 Å². The number of hydrogen-bond donors (Lipinski definition) is 1. The van der Waals surface area contributed by atoms with E-state index in [2.05, 4.69) is 5.32 Å². The highest BCUT2D eigenvalue weighted by Crippen LogP contribution is 2.41. The van der Waals surface area contributed by atoms with Crippen molar-refractivity contribution in [2.45, 2.75) is 12.0 Å². The molecule has 1 spiro atoms. The van der Waals surface area contributed by atoms with E-state index in [1.807, 2.05) is 0 Å². The monoisotopic (exact) mass is 370 g/mol. The molecule has 2 aliphatic rings. The van der Waals surface area contributed by atoms with Crippen LogP contribution in [0.1, 0.15) is 22.3 Å². The highest BCUT2D eigenvalue weighted by Gasteiger charge is 2.55. The summed E-state index contributed by atoms with van der Waals surface area (Å²) in [4.78, 5) is 39.1. The molecular weight excluding hydrogens is 356 g/mol. The Morgan fingerprint density at radius 3 is 2.69 bits per heavy atom. The fourth-order valence-electron chi connectivity index (χ4n) is 3.43. The standard InChI is InChI=1S/C19H15ClN2O4/c20-14-7-3-1-5-12(14)15(23)11-22-17(24)19(21-18(22)25)9-10-26-16-8-4-2-6-13(16)19/h1-8H,9-11H2,(H,21,25). The van der Waals surface area contributed by atoms with Crippen molar-refractivity contribution in [2.24, 2.45) is 0 Å².